The molecule has 2 N–H and O–H groups in total. The standard InChI is InChI=1S/C24H18N2O5/c27-22-21(23(28)26(25-22)19-9-2-1-3-10-19)14-16-6-5-11-20(13-16)31-15-17-7-4-8-18(12-17)24(29)30/h1-14H,15H2,(H,25,27)(H,29,30)/b21-14-. The van der Waals surface area contributed by atoms with Crippen LogP contribution in [-0.4, -0.2) is 22.9 Å². The molecule has 2 amide bonds. The van der Waals surface area contributed by atoms with Gasteiger partial charge in [-0.3, -0.25) is 15.0 Å². The van der Waals surface area contributed by atoms with Crippen molar-refractivity contribution in [3.05, 3.63) is 101 Å². The Morgan fingerprint density at radius 2 is 1.74 bits per heavy atom. The van der Waals surface area contributed by atoms with Crippen molar-refractivity contribution in [2.24, 2.45) is 0 Å². The minimum atomic E-state index is -1.00. The number of hydrazine groups is 1. The smallest absolute Gasteiger partial charge is 0.335 e. The zero-order chi connectivity index (χ0) is 21.8. The molecule has 7 heteroatoms. The lowest BCUT2D eigenvalue weighted by Gasteiger charge is -2.13. The second-order valence-corrected chi connectivity index (χ2v) is 6.84. The van der Waals surface area contributed by atoms with Gasteiger partial charge in [0.15, 0.2) is 0 Å². The molecule has 0 bridgehead atoms. The first-order valence-corrected chi connectivity index (χ1v) is 9.48. The molecule has 0 unspecified atom stereocenters. The summed E-state index contributed by atoms with van der Waals surface area (Å²) in [4.78, 5) is 36.1. The Bertz CT molecular complexity index is 1190. The minimum absolute atomic E-state index is 0.0233. The number of hydrogen-bond donors (Lipinski definition) is 2. The summed E-state index contributed by atoms with van der Waals surface area (Å²) in [6.07, 6.45) is 1.51. The summed E-state index contributed by atoms with van der Waals surface area (Å²) < 4.78 is 5.76. The monoisotopic (exact) mass is 414 g/mol. The molecular weight excluding hydrogens is 396 g/mol. The maximum atomic E-state index is 12.7. The first kappa shape index (κ1) is 19.9. The van der Waals surface area contributed by atoms with Gasteiger partial charge in [0.25, 0.3) is 11.8 Å². The Balaban J connectivity index is 1.50. The molecule has 1 fully saturated rings. The number of hydrogen-bond acceptors (Lipinski definition) is 4. The van der Waals surface area contributed by atoms with Crippen molar-refractivity contribution in [2.45, 2.75) is 6.61 Å². The third kappa shape index (κ3) is 4.45. The number of carboxylic acids is 1. The molecule has 0 spiro atoms. The van der Waals surface area contributed by atoms with Gasteiger partial charge < -0.3 is 9.84 Å². The van der Waals surface area contributed by atoms with E-state index in [1.165, 1.54) is 17.2 Å². The number of para-hydroxylation sites is 1. The molecule has 154 valence electrons. The molecule has 4 rings (SSSR count). The highest BCUT2D eigenvalue weighted by atomic mass is 16.5. The summed E-state index contributed by atoms with van der Waals surface area (Å²) in [6, 6.07) is 22.3. The van der Waals surface area contributed by atoms with Crippen LogP contribution >= 0.6 is 0 Å². The molecule has 0 aliphatic carbocycles. The van der Waals surface area contributed by atoms with Crippen LogP contribution in [0.3, 0.4) is 0 Å². The van der Waals surface area contributed by atoms with E-state index in [1.54, 1.807) is 66.7 Å². The van der Waals surface area contributed by atoms with E-state index >= 15 is 0 Å². The molecule has 0 saturated carbocycles. The van der Waals surface area contributed by atoms with Crippen LogP contribution in [0.2, 0.25) is 0 Å². The number of amides is 2. The summed E-state index contributed by atoms with van der Waals surface area (Å²) in [7, 11) is 0. The molecule has 0 radical (unpaired) electrons. The predicted octanol–water partition coefficient (Wildman–Crippen LogP) is 3.43. The topological polar surface area (TPSA) is 95.9 Å². The summed E-state index contributed by atoms with van der Waals surface area (Å²) >= 11 is 0. The summed E-state index contributed by atoms with van der Waals surface area (Å²) in [5.74, 6) is -1.39. The fourth-order valence-electron chi connectivity index (χ4n) is 3.14. The van der Waals surface area contributed by atoms with E-state index < -0.39 is 17.8 Å². The Labute approximate surface area is 178 Å². The molecule has 1 aliphatic heterocycles. The van der Waals surface area contributed by atoms with Crippen LogP contribution in [0.15, 0.2) is 84.4 Å². The Morgan fingerprint density at radius 3 is 2.52 bits per heavy atom. The average molecular weight is 414 g/mol. The van der Waals surface area contributed by atoms with Crippen molar-refractivity contribution in [3.63, 3.8) is 0 Å². The molecule has 3 aromatic rings. The van der Waals surface area contributed by atoms with Gasteiger partial charge in [-0.15, -0.1) is 0 Å². The highest BCUT2D eigenvalue weighted by molar-refractivity contribution is 6.31. The van der Waals surface area contributed by atoms with E-state index in [9.17, 15) is 14.4 Å². The Hall–Kier alpha value is -4.39. The second-order valence-electron chi connectivity index (χ2n) is 6.84. The maximum absolute atomic E-state index is 12.7. The predicted molar refractivity (Wildman–Crippen MR) is 114 cm³/mol. The lowest BCUT2D eigenvalue weighted by Crippen LogP contribution is -2.35. The highest BCUT2D eigenvalue weighted by Gasteiger charge is 2.34. The maximum Gasteiger partial charge on any atom is 0.335 e. The van der Waals surface area contributed by atoms with Crippen LogP contribution < -0.4 is 15.2 Å². The number of ether oxygens (including phenoxy) is 1. The van der Waals surface area contributed by atoms with Crippen LogP contribution in [0, 0.1) is 0 Å². The zero-order valence-electron chi connectivity index (χ0n) is 16.3. The van der Waals surface area contributed by atoms with E-state index in [1.807, 2.05) is 6.07 Å². The molecular formula is C24H18N2O5. The first-order chi connectivity index (χ1) is 15.0. The second kappa shape index (κ2) is 8.54. The van der Waals surface area contributed by atoms with Gasteiger partial charge in [0.1, 0.15) is 17.9 Å². The number of carboxylic acid groups (broad SMARTS) is 1. The molecule has 3 aromatic carbocycles. The van der Waals surface area contributed by atoms with Crippen molar-refractivity contribution < 1.29 is 24.2 Å². The normalized spacial score (nSPS) is 14.6. The number of rotatable bonds is 6. The number of nitrogens with one attached hydrogen (secondary N) is 1. The SMILES string of the molecule is O=C1NN(c2ccccc2)C(=O)/C1=C\c1cccc(OCc2cccc(C(=O)O)c2)c1. The molecule has 31 heavy (non-hydrogen) atoms. The quantitative estimate of drug-likeness (QED) is 0.476. The highest BCUT2D eigenvalue weighted by Crippen LogP contribution is 2.23. The van der Waals surface area contributed by atoms with Gasteiger partial charge in [-0.25, -0.2) is 9.80 Å². The van der Waals surface area contributed by atoms with Crippen LogP contribution in [0.4, 0.5) is 5.69 Å². The molecule has 1 heterocycles. The minimum Gasteiger partial charge on any atom is -0.489 e. The third-order valence-corrected chi connectivity index (χ3v) is 4.65. The number of benzene rings is 3. The zero-order valence-corrected chi connectivity index (χ0v) is 16.3. The molecule has 0 atom stereocenters. The van der Waals surface area contributed by atoms with Crippen molar-refractivity contribution >= 4 is 29.5 Å². The van der Waals surface area contributed by atoms with Crippen LogP contribution in [0.1, 0.15) is 21.5 Å². The molecule has 1 aliphatic rings. The fourth-order valence-corrected chi connectivity index (χ4v) is 3.14. The van der Waals surface area contributed by atoms with Gasteiger partial charge in [-0.05, 0) is 53.6 Å². The van der Waals surface area contributed by atoms with Gasteiger partial charge in [-0.2, -0.15) is 0 Å². The fraction of sp³-hybridized carbons (Fsp3) is 0.0417. The van der Waals surface area contributed by atoms with Crippen molar-refractivity contribution in [1.82, 2.24) is 5.43 Å². The lowest BCUT2D eigenvalue weighted by atomic mass is 10.1. The largest absolute Gasteiger partial charge is 0.489 e. The van der Waals surface area contributed by atoms with E-state index in [0.29, 0.717) is 22.6 Å². The third-order valence-electron chi connectivity index (χ3n) is 4.65. The summed E-state index contributed by atoms with van der Waals surface area (Å²) in [5.41, 5.74) is 4.69. The van der Waals surface area contributed by atoms with Crippen LogP contribution in [-0.2, 0) is 16.2 Å². The summed E-state index contributed by atoms with van der Waals surface area (Å²) in [5, 5.41) is 10.3. The molecule has 7 nitrogen and oxygen atoms in total. The molecule has 0 aromatic heterocycles. The van der Waals surface area contributed by atoms with Gasteiger partial charge in [0.2, 0.25) is 0 Å². The number of nitrogens with zero attached hydrogens (tertiary/aromatic N) is 1. The summed E-state index contributed by atoms with van der Waals surface area (Å²) in [6.45, 7) is 0.183. The van der Waals surface area contributed by atoms with Crippen LogP contribution in [0.25, 0.3) is 6.08 Å². The Kier molecular flexibility index (Phi) is 5.49. The van der Waals surface area contributed by atoms with Gasteiger partial charge in [-0.1, -0.05) is 42.5 Å². The van der Waals surface area contributed by atoms with Gasteiger partial charge in [0.05, 0.1) is 11.3 Å². The van der Waals surface area contributed by atoms with E-state index in [4.69, 9.17) is 9.84 Å². The van der Waals surface area contributed by atoms with Gasteiger partial charge >= 0.3 is 5.97 Å². The first-order valence-electron chi connectivity index (χ1n) is 9.48. The number of carbonyl (C=O) groups excluding carboxylic acids is 2. The number of anilines is 1. The van der Waals surface area contributed by atoms with Crippen molar-refractivity contribution in [3.8, 4) is 5.75 Å². The van der Waals surface area contributed by atoms with Crippen LogP contribution in [0.5, 0.6) is 5.75 Å². The van der Waals surface area contributed by atoms with Crippen molar-refractivity contribution in [2.75, 3.05) is 5.01 Å². The number of aromatic carboxylic acids is 1. The van der Waals surface area contributed by atoms with Crippen molar-refractivity contribution in [1.29, 1.82) is 0 Å². The lowest BCUT2D eigenvalue weighted by molar-refractivity contribution is -0.117. The van der Waals surface area contributed by atoms with Gasteiger partial charge in [0, 0.05) is 0 Å². The van der Waals surface area contributed by atoms with E-state index in [-0.39, 0.29) is 17.7 Å². The number of carbonyl (C=O) groups is 3. The average Bonchev–Trinajstić information content (AvgIpc) is 3.07. The molecule has 1 saturated heterocycles. The Morgan fingerprint density at radius 1 is 0.968 bits per heavy atom. The van der Waals surface area contributed by atoms with E-state index in [2.05, 4.69) is 5.43 Å². The van der Waals surface area contributed by atoms with E-state index in [0.717, 1.165) is 0 Å².